The van der Waals surface area contributed by atoms with Crippen LogP contribution in [0.5, 0.6) is 0 Å². The van der Waals surface area contributed by atoms with E-state index in [1.807, 2.05) is 0 Å². The first-order valence-electron chi connectivity index (χ1n) is 6.35. The van der Waals surface area contributed by atoms with Gasteiger partial charge in [-0.25, -0.2) is 8.42 Å². The number of nitrogen functional groups attached to an aromatic ring is 1. The molecule has 0 saturated carbocycles. The number of piperazine rings is 1. The Hall–Kier alpha value is -1.37. The average molecular weight is 279 g/mol. The molecular formula is C13H17N3O2S. The Balaban J connectivity index is 1.93. The molecule has 1 aromatic carbocycles. The van der Waals surface area contributed by atoms with Gasteiger partial charge >= 0.3 is 0 Å². The number of anilines is 1. The summed E-state index contributed by atoms with van der Waals surface area (Å²) in [5.41, 5.74) is 7.98. The van der Waals surface area contributed by atoms with Gasteiger partial charge in [-0.05, 0) is 23.8 Å². The molecule has 1 aromatic rings. The monoisotopic (exact) mass is 279 g/mol. The Labute approximate surface area is 113 Å². The van der Waals surface area contributed by atoms with Crippen molar-refractivity contribution in [1.82, 2.24) is 10.2 Å². The standard InChI is InChI=1S/C13H17N3O2S/c14-11-1-2-13-12(7-11)10(9-19(13,17)18)8-16-5-3-15-4-6-16/h1-2,7,9,15H,3-6,8,14H2. The summed E-state index contributed by atoms with van der Waals surface area (Å²) < 4.78 is 24.1. The molecule has 2 heterocycles. The van der Waals surface area contributed by atoms with Crippen molar-refractivity contribution in [2.24, 2.45) is 0 Å². The van der Waals surface area contributed by atoms with Gasteiger partial charge in [-0.15, -0.1) is 0 Å². The van der Waals surface area contributed by atoms with Crippen LogP contribution >= 0.6 is 0 Å². The normalized spacial score (nSPS) is 22.0. The van der Waals surface area contributed by atoms with E-state index in [1.165, 1.54) is 5.41 Å². The molecule has 3 rings (SSSR count). The number of benzene rings is 1. The number of hydrogen-bond acceptors (Lipinski definition) is 5. The van der Waals surface area contributed by atoms with E-state index >= 15 is 0 Å². The van der Waals surface area contributed by atoms with E-state index in [9.17, 15) is 8.42 Å². The molecule has 2 aliphatic rings. The lowest BCUT2D eigenvalue weighted by molar-refractivity contribution is 0.268. The summed E-state index contributed by atoms with van der Waals surface area (Å²) in [6.07, 6.45) is 0. The fourth-order valence-electron chi connectivity index (χ4n) is 2.59. The fourth-order valence-corrected chi connectivity index (χ4v) is 4.05. The van der Waals surface area contributed by atoms with Crippen molar-refractivity contribution in [2.75, 3.05) is 38.5 Å². The number of nitrogens with two attached hydrogens (primary N) is 1. The Morgan fingerprint density at radius 2 is 2.00 bits per heavy atom. The molecule has 0 aromatic heterocycles. The van der Waals surface area contributed by atoms with Crippen LogP contribution in [0.25, 0.3) is 5.57 Å². The molecule has 19 heavy (non-hydrogen) atoms. The zero-order valence-electron chi connectivity index (χ0n) is 10.6. The van der Waals surface area contributed by atoms with Crippen LogP contribution in [0, 0.1) is 0 Å². The van der Waals surface area contributed by atoms with Crippen molar-refractivity contribution in [3.05, 3.63) is 29.2 Å². The minimum Gasteiger partial charge on any atom is -0.399 e. The third kappa shape index (κ3) is 2.39. The van der Waals surface area contributed by atoms with E-state index < -0.39 is 9.84 Å². The van der Waals surface area contributed by atoms with Crippen LogP contribution in [0.2, 0.25) is 0 Å². The second kappa shape index (κ2) is 4.63. The van der Waals surface area contributed by atoms with E-state index in [0.717, 1.165) is 37.3 Å². The van der Waals surface area contributed by atoms with Gasteiger partial charge < -0.3 is 11.1 Å². The summed E-state index contributed by atoms with van der Waals surface area (Å²) >= 11 is 0. The van der Waals surface area contributed by atoms with Crippen molar-refractivity contribution in [3.8, 4) is 0 Å². The lowest BCUT2D eigenvalue weighted by Gasteiger charge is -2.27. The fraction of sp³-hybridized carbons (Fsp3) is 0.385. The van der Waals surface area contributed by atoms with Crippen molar-refractivity contribution in [3.63, 3.8) is 0 Å². The Morgan fingerprint density at radius 1 is 1.26 bits per heavy atom. The van der Waals surface area contributed by atoms with E-state index in [0.29, 0.717) is 17.1 Å². The highest BCUT2D eigenvalue weighted by molar-refractivity contribution is 7.95. The molecular weight excluding hydrogens is 262 g/mol. The third-order valence-corrected chi connectivity index (χ3v) is 5.12. The van der Waals surface area contributed by atoms with Crippen LogP contribution < -0.4 is 11.1 Å². The number of fused-ring (bicyclic) bond motifs is 1. The minimum atomic E-state index is -3.28. The zero-order chi connectivity index (χ0) is 13.5. The SMILES string of the molecule is Nc1ccc2c(c1)C(CN1CCNCC1)=CS2(=O)=O. The molecule has 0 bridgehead atoms. The largest absolute Gasteiger partial charge is 0.399 e. The summed E-state index contributed by atoms with van der Waals surface area (Å²) in [5, 5.41) is 4.67. The molecule has 0 radical (unpaired) electrons. The van der Waals surface area contributed by atoms with E-state index in [4.69, 9.17) is 5.73 Å². The van der Waals surface area contributed by atoms with Crippen molar-refractivity contribution in [1.29, 1.82) is 0 Å². The van der Waals surface area contributed by atoms with Gasteiger partial charge in [-0.1, -0.05) is 0 Å². The summed E-state index contributed by atoms with van der Waals surface area (Å²) in [5.74, 6) is 0. The topological polar surface area (TPSA) is 75.4 Å². The first-order valence-corrected chi connectivity index (χ1v) is 7.89. The number of sulfone groups is 1. The maximum absolute atomic E-state index is 12.1. The molecule has 0 aliphatic carbocycles. The summed E-state index contributed by atoms with van der Waals surface area (Å²) in [4.78, 5) is 2.64. The van der Waals surface area contributed by atoms with Gasteiger partial charge in [0.2, 0.25) is 9.84 Å². The highest BCUT2D eigenvalue weighted by atomic mass is 32.2. The Morgan fingerprint density at radius 3 is 2.74 bits per heavy atom. The van der Waals surface area contributed by atoms with Crippen LogP contribution in [0.4, 0.5) is 5.69 Å². The van der Waals surface area contributed by atoms with Gasteiger partial charge in [0.25, 0.3) is 0 Å². The van der Waals surface area contributed by atoms with Gasteiger partial charge in [0.05, 0.1) is 4.90 Å². The van der Waals surface area contributed by atoms with Crippen LogP contribution in [0.3, 0.4) is 0 Å². The highest BCUT2D eigenvalue weighted by Gasteiger charge is 2.28. The number of hydrogen-bond donors (Lipinski definition) is 2. The van der Waals surface area contributed by atoms with E-state index in [2.05, 4.69) is 10.2 Å². The number of rotatable bonds is 2. The molecule has 0 spiro atoms. The first kappa shape index (κ1) is 12.7. The molecule has 5 nitrogen and oxygen atoms in total. The summed E-state index contributed by atoms with van der Waals surface area (Å²) in [7, 11) is -3.28. The second-order valence-electron chi connectivity index (χ2n) is 4.97. The molecule has 3 N–H and O–H groups in total. The predicted molar refractivity (Wildman–Crippen MR) is 75.3 cm³/mol. The van der Waals surface area contributed by atoms with Crippen LogP contribution in [0.1, 0.15) is 5.56 Å². The van der Waals surface area contributed by atoms with Crippen LogP contribution in [-0.4, -0.2) is 46.0 Å². The Kier molecular flexibility index (Phi) is 3.08. The van der Waals surface area contributed by atoms with Crippen molar-refractivity contribution >= 4 is 21.1 Å². The second-order valence-corrected chi connectivity index (χ2v) is 6.74. The first-order chi connectivity index (χ1) is 9.06. The quantitative estimate of drug-likeness (QED) is 0.762. The predicted octanol–water partition coefficient (Wildman–Crippen LogP) is 0.302. The van der Waals surface area contributed by atoms with Gasteiger partial charge in [0.1, 0.15) is 0 Å². The van der Waals surface area contributed by atoms with Crippen molar-refractivity contribution < 1.29 is 8.42 Å². The maximum Gasteiger partial charge on any atom is 0.200 e. The zero-order valence-corrected chi connectivity index (χ0v) is 11.4. The van der Waals surface area contributed by atoms with Crippen molar-refractivity contribution in [2.45, 2.75) is 4.90 Å². The molecule has 0 unspecified atom stereocenters. The molecule has 102 valence electrons. The molecule has 2 aliphatic heterocycles. The van der Waals surface area contributed by atoms with Gasteiger partial charge in [0.15, 0.2) is 0 Å². The highest BCUT2D eigenvalue weighted by Crippen LogP contribution is 2.35. The summed E-state index contributed by atoms with van der Waals surface area (Å²) in [6, 6.07) is 4.99. The number of nitrogens with one attached hydrogen (secondary N) is 1. The Bertz CT molecular complexity index is 631. The summed E-state index contributed by atoms with van der Waals surface area (Å²) in [6.45, 7) is 4.44. The smallest absolute Gasteiger partial charge is 0.200 e. The number of nitrogens with zero attached hydrogens (tertiary/aromatic N) is 1. The molecule has 0 amide bonds. The maximum atomic E-state index is 12.1. The van der Waals surface area contributed by atoms with E-state index in [1.54, 1.807) is 18.2 Å². The average Bonchev–Trinajstić information content (AvgIpc) is 2.62. The molecule has 1 saturated heterocycles. The van der Waals surface area contributed by atoms with Gasteiger partial charge in [-0.3, -0.25) is 4.90 Å². The van der Waals surface area contributed by atoms with Crippen LogP contribution in [0.15, 0.2) is 28.5 Å². The van der Waals surface area contributed by atoms with E-state index in [-0.39, 0.29) is 0 Å². The third-order valence-electron chi connectivity index (χ3n) is 3.56. The molecule has 1 fully saturated rings. The lowest BCUT2D eigenvalue weighted by atomic mass is 10.1. The van der Waals surface area contributed by atoms with Gasteiger partial charge in [0, 0.05) is 49.4 Å². The molecule has 0 atom stereocenters. The molecule has 6 heteroatoms. The lowest BCUT2D eigenvalue weighted by Crippen LogP contribution is -2.43. The van der Waals surface area contributed by atoms with Crippen LogP contribution in [-0.2, 0) is 9.84 Å². The van der Waals surface area contributed by atoms with Gasteiger partial charge in [-0.2, -0.15) is 0 Å². The minimum absolute atomic E-state index is 0.381.